The summed E-state index contributed by atoms with van der Waals surface area (Å²) in [6.07, 6.45) is 0. The number of hydrogen-bond acceptors (Lipinski definition) is 10. The number of amides is 1. The van der Waals surface area contributed by atoms with Crippen LogP contribution in [0, 0.1) is 0 Å². The van der Waals surface area contributed by atoms with E-state index in [1.165, 1.54) is 6.92 Å². The number of carbonyl (C=O) groups excluding carboxylic acids is 1. The van der Waals surface area contributed by atoms with Gasteiger partial charge in [-0.3, -0.25) is 4.79 Å². The molecule has 0 saturated heterocycles. The maximum absolute atomic E-state index is 11.0. The van der Waals surface area contributed by atoms with Crippen molar-refractivity contribution in [3.63, 3.8) is 0 Å². The first-order valence-electron chi connectivity index (χ1n) is 12.3. The minimum Gasteiger partial charge on any atom is -0.491 e. The number of anilines is 1. The van der Waals surface area contributed by atoms with Gasteiger partial charge in [0.1, 0.15) is 12.4 Å². The third kappa shape index (κ3) is 21.5. The van der Waals surface area contributed by atoms with Gasteiger partial charge in [0.2, 0.25) is 5.91 Å². The summed E-state index contributed by atoms with van der Waals surface area (Å²) in [6.45, 7) is 9.76. The molecule has 0 unspecified atom stereocenters. The third-order valence-corrected chi connectivity index (χ3v) is 4.33. The maximum atomic E-state index is 11.0. The van der Waals surface area contributed by atoms with Gasteiger partial charge in [0.25, 0.3) is 0 Å². The first kappa shape index (κ1) is 32.2. The van der Waals surface area contributed by atoms with Crippen molar-refractivity contribution in [2.75, 3.05) is 118 Å². The van der Waals surface area contributed by atoms with Crippen LogP contribution in [0.25, 0.3) is 0 Å². The highest BCUT2D eigenvalue weighted by molar-refractivity contribution is 5.88. The van der Waals surface area contributed by atoms with E-state index in [0.717, 1.165) is 11.4 Å². The second-order valence-corrected chi connectivity index (χ2v) is 7.33. The van der Waals surface area contributed by atoms with Crippen molar-refractivity contribution in [1.82, 2.24) is 0 Å². The van der Waals surface area contributed by atoms with Crippen molar-refractivity contribution in [1.29, 1.82) is 0 Å². The molecular formula is C25H43NO10. The second-order valence-electron chi connectivity index (χ2n) is 7.33. The molecule has 0 aliphatic heterocycles. The zero-order valence-corrected chi connectivity index (χ0v) is 21.7. The van der Waals surface area contributed by atoms with E-state index in [1.54, 1.807) is 31.4 Å². The first-order valence-corrected chi connectivity index (χ1v) is 12.3. The second kappa shape index (κ2) is 24.8. The van der Waals surface area contributed by atoms with Crippen LogP contribution in [0.5, 0.6) is 5.75 Å². The first-order chi connectivity index (χ1) is 17.7. The predicted octanol–water partition coefficient (Wildman–Crippen LogP) is 1.79. The molecule has 0 spiro atoms. The topological polar surface area (TPSA) is 112 Å². The van der Waals surface area contributed by atoms with Crippen LogP contribution in [0.3, 0.4) is 0 Å². The van der Waals surface area contributed by atoms with Crippen molar-refractivity contribution >= 4 is 11.6 Å². The summed E-state index contributed by atoms with van der Waals surface area (Å²) in [5.74, 6) is 0.616. The molecule has 11 nitrogen and oxygen atoms in total. The van der Waals surface area contributed by atoms with Crippen molar-refractivity contribution < 1.29 is 47.4 Å². The van der Waals surface area contributed by atoms with Crippen LogP contribution in [-0.2, 0) is 42.7 Å². The molecule has 36 heavy (non-hydrogen) atoms. The van der Waals surface area contributed by atoms with E-state index in [2.05, 4.69) is 5.32 Å². The quantitative estimate of drug-likeness (QED) is 0.183. The molecule has 11 heteroatoms. The molecule has 0 aromatic heterocycles. The highest BCUT2D eigenvalue weighted by Crippen LogP contribution is 2.15. The number of nitrogens with one attached hydrogen (secondary N) is 1. The predicted molar refractivity (Wildman–Crippen MR) is 134 cm³/mol. The molecule has 0 saturated carbocycles. The van der Waals surface area contributed by atoms with Gasteiger partial charge in [-0.1, -0.05) is 0 Å². The SMILES string of the molecule is COCCOCCOCCOCCOCCOCCOCCOCCOc1ccc(NC(C)=O)cc1. The third-order valence-electron chi connectivity index (χ3n) is 4.33. The lowest BCUT2D eigenvalue weighted by Gasteiger charge is -2.09. The Morgan fingerprint density at radius 2 is 0.889 bits per heavy atom. The highest BCUT2D eigenvalue weighted by atomic mass is 16.6. The Morgan fingerprint density at radius 1 is 0.556 bits per heavy atom. The molecule has 0 fully saturated rings. The van der Waals surface area contributed by atoms with E-state index in [4.69, 9.17) is 42.6 Å². The largest absolute Gasteiger partial charge is 0.491 e. The molecule has 1 rings (SSSR count). The lowest BCUT2D eigenvalue weighted by molar-refractivity contribution is -0.114. The molecule has 0 aliphatic rings. The zero-order chi connectivity index (χ0) is 25.9. The fourth-order valence-electron chi connectivity index (χ4n) is 2.62. The summed E-state index contributed by atoms with van der Waals surface area (Å²) < 4.78 is 48.4. The van der Waals surface area contributed by atoms with E-state index < -0.39 is 0 Å². The van der Waals surface area contributed by atoms with Crippen molar-refractivity contribution in [3.8, 4) is 5.75 Å². The molecule has 1 amide bonds. The molecule has 208 valence electrons. The molecule has 1 aromatic rings. The Labute approximate surface area is 214 Å². The molecule has 0 radical (unpaired) electrons. The molecule has 0 bridgehead atoms. The number of methoxy groups -OCH3 is 1. The van der Waals surface area contributed by atoms with Crippen molar-refractivity contribution in [2.24, 2.45) is 0 Å². The summed E-state index contributed by atoms with van der Waals surface area (Å²) in [7, 11) is 1.64. The summed E-state index contributed by atoms with van der Waals surface area (Å²) in [5.41, 5.74) is 0.735. The van der Waals surface area contributed by atoms with Gasteiger partial charge in [0.15, 0.2) is 0 Å². The van der Waals surface area contributed by atoms with E-state index in [-0.39, 0.29) is 5.91 Å². The maximum Gasteiger partial charge on any atom is 0.221 e. The Morgan fingerprint density at radius 3 is 1.22 bits per heavy atom. The Balaban J connectivity index is 1.72. The fraction of sp³-hybridized carbons (Fsp3) is 0.720. The van der Waals surface area contributed by atoms with Crippen molar-refractivity contribution in [2.45, 2.75) is 6.92 Å². The van der Waals surface area contributed by atoms with Crippen LogP contribution in [-0.4, -0.2) is 119 Å². The van der Waals surface area contributed by atoms with Crippen LogP contribution in [0.1, 0.15) is 6.92 Å². The monoisotopic (exact) mass is 517 g/mol. The van der Waals surface area contributed by atoms with Gasteiger partial charge in [-0.15, -0.1) is 0 Å². The number of rotatable bonds is 26. The summed E-state index contributed by atoms with van der Waals surface area (Å²) >= 11 is 0. The molecular weight excluding hydrogens is 474 g/mol. The van der Waals surface area contributed by atoms with Crippen molar-refractivity contribution in [3.05, 3.63) is 24.3 Å². The summed E-state index contributed by atoms with van der Waals surface area (Å²) in [4.78, 5) is 11.0. The minimum atomic E-state index is -0.105. The van der Waals surface area contributed by atoms with Crippen LogP contribution in [0.2, 0.25) is 0 Å². The van der Waals surface area contributed by atoms with E-state index in [1.807, 2.05) is 0 Å². The van der Waals surface area contributed by atoms with Gasteiger partial charge in [-0.2, -0.15) is 0 Å². The number of ether oxygens (including phenoxy) is 9. The zero-order valence-electron chi connectivity index (χ0n) is 21.7. The summed E-state index contributed by atoms with van der Waals surface area (Å²) in [6, 6.07) is 7.18. The van der Waals surface area contributed by atoms with Gasteiger partial charge < -0.3 is 47.9 Å². The number of hydrogen-bond donors (Lipinski definition) is 1. The van der Waals surface area contributed by atoms with Gasteiger partial charge in [-0.25, -0.2) is 0 Å². The molecule has 0 aliphatic carbocycles. The average Bonchev–Trinajstić information content (AvgIpc) is 2.87. The molecule has 0 heterocycles. The Hall–Kier alpha value is -1.83. The number of carbonyl (C=O) groups is 1. The molecule has 0 atom stereocenters. The van der Waals surface area contributed by atoms with E-state index in [9.17, 15) is 4.79 Å². The Kier molecular flexibility index (Phi) is 22.2. The standard InChI is InChI=1S/C25H43NO10/c1-23(27)26-24-3-5-25(6-4-24)36-22-21-35-20-19-34-18-17-33-16-15-32-14-13-31-12-11-30-10-9-29-8-7-28-2/h3-6H,7-22H2,1-2H3,(H,26,27). The van der Waals surface area contributed by atoms with Gasteiger partial charge in [-0.05, 0) is 24.3 Å². The molecule has 1 aromatic carbocycles. The van der Waals surface area contributed by atoms with Gasteiger partial charge >= 0.3 is 0 Å². The van der Waals surface area contributed by atoms with E-state index >= 15 is 0 Å². The van der Waals surface area contributed by atoms with E-state index in [0.29, 0.717) is 106 Å². The number of benzene rings is 1. The fourth-order valence-corrected chi connectivity index (χ4v) is 2.62. The Bertz CT molecular complexity index is 617. The molecule has 1 N–H and O–H groups in total. The van der Waals surface area contributed by atoms with Crippen LogP contribution >= 0.6 is 0 Å². The lowest BCUT2D eigenvalue weighted by atomic mass is 10.3. The smallest absolute Gasteiger partial charge is 0.221 e. The summed E-state index contributed by atoms with van der Waals surface area (Å²) in [5, 5.41) is 2.71. The van der Waals surface area contributed by atoms with Crippen LogP contribution in [0.4, 0.5) is 5.69 Å². The average molecular weight is 518 g/mol. The minimum absolute atomic E-state index is 0.105. The lowest BCUT2D eigenvalue weighted by Crippen LogP contribution is -2.15. The normalized spacial score (nSPS) is 11.1. The van der Waals surface area contributed by atoms with Gasteiger partial charge in [0, 0.05) is 19.7 Å². The highest BCUT2D eigenvalue weighted by Gasteiger charge is 1.98. The van der Waals surface area contributed by atoms with Gasteiger partial charge in [0.05, 0.1) is 99.1 Å². The van der Waals surface area contributed by atoms with Crippen LogP contribution < -0.4 is 10.1 Å². The van der Waals surface area contributed by atoms with Crippen LogP contribution in [0.15, 0.2) is 24.3 Å².